The molecule has 1 N–H and O–H groups in total. The molecule has 0 unspecified atom stereocenters. The molecule has 0 heterocycles. The maximum atomic E-state index is 10.6. The summed E-state index contributed by atoms with van der Waals surface area (Å²) in [6, 6.07) is 0. The predicted molar refractivity (Wildman–Crippen MR) is 60.8 cm³/mol. The smallest absolute Gasteiger partial charge is 0.330 e. The first-order valence-corrected chi connectivity index (χ1v) is 5.76. The zero-order valence-electron chi connectivity index (χ0n) is 9.70. The van der Waals surface area contributed by atoms with Crippen LogP contribution in [0.3, 0.4) is 0 Å². The van der Waals surface area contributed by atoms with Crippen LogP contribution in [-0.2, 0) is 4.79 Å². The van der Waals surface area contributed by atoms with Crippen LogP contribution in [0.4, 0.5) is 0 Å². The second kappa shape index (κ2) is 5.91. The van der Waals surface area contributed by atoms with E-state index in [1.165, 1.54) is 19.3 Å². The molecule has 1 aliphatic carbocycles. The third kappa shape index (κ3) is 4.04. The van der Waals surface area contributed by atoms with E-state index in [1.54, 1.807) is 6.92 Å². The van der Waals surface area contributed by atoms with Gasteiger partial charge in [-0.05, 0) is 32.2 Å². The van der Waals surface area contributed by atoms with Crippen LogP contribution in [0.5, 0.6) is 0 Å². The van der Waals surface area contributed by atoms with Crippen LogP contribution < -0.4 is 0 Å². The zero-order valence-corrected chi connectivity index (χ0v) is 9.70. The monoisotopic (exact) mass is 211 g/mol. The Kier molecular flexibility index (Phi) is 4.82. The molecule has 3 heteroatoms. The van der Waals surface area contributed by atoms with E-state index in [1.807, 2.05) is 6.08 Å². The van der Waals surface area contributed by atoms with Gasteiger partial charge in [0.05, 0.1) is 0 Å². The van der Waals surface area contributed by atoms with Gasteiger partial charge in [-0.25, -0.2) is 4.79 Å². The predicted octanol–water partition coefficient (Wildman–Crippen LogP) is 2.14. The molecule has 86 valence electrons. The minimum absolute atomic E-state index is 0.446. The number of hydrogen-bond donors (Lipinski definition) is 1. The number of carboxylic acid groups (broad SMARTS) is 1. The summed E-state index contributed by atoms with van der Waals surface area (Å²) in [6.07, 6.45) is 5.87. The maximum absolute atomic E-state index is 10.6. The van der Waals surface area contributed by atoms with Gasteiger partial charge in [-0.15, -0.1) is 0 Å². The molecule has 1 fully saturated rings. The Labute approximate surface area is 91.8 Å². The van der Waals surface area contributed by atoms with Crippen molar-refractivity contribution in [2.24, 2.45) is 5.92 Å². The van der Waals surface area contributed by atoms with Crippen LogP contribution in [0.2, 0.25) is 0 Å². The van der Waals surface area contributed by atoms with E-state index in [0.717, 1.165) is 25.6 Å². The van der Waals surface area contributed by atoms with Crippen LogP contribution in [0, 0.1) is 5.92 Å². The largest absolute Gasteiger partial charge is 0.478 e. The summed E-state index contributed by atoms with van der Waals surface area (Å²) in [7, 11) is 0. The fourth-order valence-corrected chi connectivity index (χ4v) is 1.73. The normalized spacial score (nSPS) is 17.9. The van der Waals surface area contributed by atoms with Crippen molar-refractivity contribution in [1.29, 1.82) is 0 Å². The number of nitrogens with zero attached hydrogens (tertiary/aromatic N) is 1. The molecule has 0 atom stereocenters. The van der Waals surface area contributed by atoms with Crippen molar-refractivity contribution in [3.8, 4) is 0 Å². The lowest BCUT2D eigenvalue weighted by molar-refractivity contribution is -0.132. The minimum atomic E-state index is -0.810. The molecule has 0 saturated heterocycles. The van der Waals surface area contributed by atoms with Gasteiger partial charge >= 0.3 is 5.97 Å². The van der Waals surface area contributed by atoms with E-state index in [0.29, 0.717) is 5.57 Å². The average Bonchev–Trinajstić information content (AvgIpc) is 2.14. The highest BCUT2D eigenvalue weighted by Crippen LogP contribution is 2.26. The Morgan fingerprint density at radius 2 is 2.20 bits per heavy atom. The first-order chi connectivity index (χ1) is 7.13. The fourth-order valence-electron chi connectivity index (χ4n) is 1.73. The molecule has 0 aromatic carbocycles. The van der Waals surface area contributed by atoms with Crippen molar-refractivity contribution >= 4 is 5.97 Å². The lowest BCUT2D eigenvalue weighted by Crippen LogP contribution is -2.32. The van der Waals surface area contributed by atoms with E-state index >= 15 is 0 Å². The highest BCUT2D eigenvalue weighted by Gasteiger charge is 2.19. The summed E-state index contributed by atoms with van der Waals surface area (Å²) in [6.45, 7) is 6.67. The van der Waals surface area contributed by atoms with E-state index in [2.05, 4.69) is 11.8 Å². The van der Waals surface area contributed by atoms with E-state index in [9.17, 15) is 4.79 Å². The molecule has 0 bridgehead atoms. The van der Waals surface area contributed by atoms with Gasteiger partial charge in [-0.2, -0.15) is 0 Å². The summed E-state index contributed by atoms with van der Waals surface area (Å²) in [4.78, 5) is 12.9. The second-order valence-electron chi connectivity index (χ2n) is 4.34. The van der Waals surface area contributed by atoms with Gasteiger partial charge in [-0.1, -0.05) is 19.4 Å². The van der Waals surface area contributed by atoms with E-state index < -0.39 is 5.97 Å². The maximum Gasteiger partial charge on any atom is 0.330 e. The van der Waals surface area contributed by atoms with Crippen LogP contribution in [0.1, 0.15) is 33.1 Å². The van der Waals surface area contributed by atoms with E-state index in [4.69, 9.17) is 5.11 Å². The summed E-state index contributed by atoms with van der Waals surface area (Å²) >= 11 is 0. The fraction of sp³-hybridized carbons (Fsp3) is 0.750. The molecule has 3 nitrogen and oxygen atoms in total. The van der Waals surface area contributed by atoms with Crippen molar-refractivity contribution in [3.05, 3.63) is 11.6 Å². The Morgan fingerprint density at radius 1 is 1.53 bits per heavy atom. The molecule has 0 amide bonds. The van der Waals surface area contributed by atoms with Gasteiger partial charge in [0.15, 0.2) is 0 Å². The highest BCUT2D eigenvalue weighted by molar-refractivity contribution is 5.85. The number of aliphatic carboxylic acids is 1. The topological polar surface area (TPSA) is 40.5 Å². The van der Waals surface area contributed by atoms with Crippen LogP contribution in [-0.4, -0.2) is 35.6 Å². The molecule has 0 spiro atoms. The first-order valence-electron chi connectivity index (χ1n) is 5.76. The Morgan fingerprint density at radius 3 is 2.60 bits per heavy atom. The Hall–Kier alpha value is -0.830. The Bertz CT molecular complexity index is 244. The lowest BCUT2D eigenvalue weighted by atomic mass is 9.85. The SMILES string of the molecule is CCN(C/C=C(/C)C(=O)O)CC1CCC1. The molecular formula is C12H21NO2. The molecule has 0 radical (unpaired) electrons. The van der Waals surface area contributed by atoms with Crippen LogP contribution in [0.25, 0.3) is 0 Å². The third-order valence-corrected chi connectivity index (χ3v) is 3.18. The van der Waals surface area contributed by atoms with Gasteiger partial charge in [-0.3, -0.25) is 4.90 Å². The number of carbonyl (C=O) groups is 1. The number of carboxylic acids is 1. The van der Waals surface area contributed by atoms with Crippen molar-refractivity contribution < 1.29 is 9.90 Å². The number of hydrogen-bond acceptors (Lipinski definition) is 2. The molecule has 0 aromatic rings. The highest BCUT2D eigenvalue weighted by atomic mass is 16.4. The van der Waals surface area contributed by atoms with Gasteiger partial charge in [0.2, 0.25) is 0 Å². The molecule has 0 aliphatic heterocycles. The molecule has 1 aliphatic rings. The lowest BCUT2D eigenvalue weighted by Gasteiger charge is -2.31. The molecular weight excluding hydrogens is 190 g/mol. The van der Waals surface area contributed by atoms with Crippen molar-refractivity contribution in [1.82, 2.24) is 4.90 Å². The zero-order chi connectivity index (χ0) is 11.3. The summed E-state index contributed by atoms with van der Waals surface area (Å²) in [5, 5.41) is 8.72. The molecule has 1 saturated carbocycles. The van der Waals surface area contributed by atoms with E-state index in [-0.39, 0.29) is 0 Å². The third-order valence-electron chi connectivity index (χ3n) is 3.18. The van der Waals surface area contributed by atoms with Gasteiger partial charge in [0.25, 0.3) is 0 Å². The first kappa shape index (κ1) is 12.2. The molecule has 1 rings (SSSR count). The van der Waals surface area contributed by atoms with Crippen LogP contribution >= 0.6 is 0 Å². The van der Waals surface area contributed by atoms with Crippen molar-refractivity contribution in [3.63, 3.8) is 0 Å². The Balaban J connectivity index is 2.32. The number of likely N-dealkylation sites (N-methyl/N-ethyl adjacent to an activating group) is 1. The van der Waals surface area contributed by atoms with Gasteiger partial charge < -0.3 is 5.11 Å². The second-order valence-corrected chi connectivity index (χ2v) is 4.34. The van der Waals surface area contributed by atoms with Gasteiger partial charge in [0.1, 0.15) is 0 Å². The average molecular weight is 211 g/mol. The van der Waals surface area contributed by atoms with Crippen LogP contribution in [0.15, 0.2) is 11.6 Å². The summed E-state index contributed by atoms with van der Waals surface area (Å²) in [5.41, 5.74) is 0.446. The number of rotatable bonds is 6. The standard InChI is InChI=1S/C12H21NO2/c1-3-13(9-11-5-4-6-11)8-7-10(2)12(14)15/h7,11H,3-6,8-9H2,1-2H3,(H,14,15)/b10-7-. The van der Waals surface area contributed by atoms with Crippen molar-refractivity contribution in [2.45, 2.75) is 33.1 Å². The summed E-state index contributed by atoms with van der Waals surface area (Å²) in [5.74, 6) is 0.0400. The minimum Gasteiger partial charge on any atom is -0.478 e. The van der Waals surface area contributed by atoms with Gasteiger partial charge in [0, 0.05) is 18.7 Å². The summed E-state index contributed by atoms with van der Waals surface area (Å²) < 4.78 is 0. The quantitative estimate of drug-likeness (QED) is 0.684. The van der Waals surface area contributed by atoms with Crippen molar-refractivity contribution in [2.75, 3.05) is 19.6 Å². The molecule has 15 heavy (non-hydrogen) atoms. The molecule has 0 aromatic heterocycles.